The second-order valence-electron chi connectivity index (χ2n) is 5.30. The van der Waals surface area contributed by atoms with Crippen LogP contribution in [0, 0.1) is 5.92 Å². The lowest BCUT2D eigenvalue weighted by molar-refractivity contribution is -0.132. The summed E-state index contributed by atoms with van der Waals surface area (Å²) in [6.45, 7) is 5.24. The number of hydrogen-bond donors (Lipinski definition) is 1. The van der Waals surface area contributed by atoms with Gasteiger partial charge in [-0.25, -0.2) is 0 Å². The molecule has 2 heterocycles. The number of nitrogen functional groups attached to an aromatic ring is 1. The normalized spacial score (nSPS) is 19.5. The van der Waals surface area contributed by atoms with Gasteiger partial charge in [-0.1, -0.05) is 13.8 Å². The van der Waals surface area contributed by atoms with Crippen molar-refractivity contribution in [2.24, 2.45) is 5.92 Å². The highest BCUT2D eigenvalue weighted by Crippen LogP contribution is 2.24. The molecule has 1 amide bonds. The zero-order valence-electron chi connectivity index (χ0n) is 11.1. The van der Waals surface area contributed by atoms with Crippen molar-refractivity contribution in [1.82, 2.24) is 9.88 Å². The Hall–Kier alpha value is -1.58. The summed E-state index contributed by atoms with van der Waals surface area (Å²) in [6.07, 6.45) is 4.22. The van der Waals surface area contributed by atoms with E-state index in [-0.39, 0.29) is 5.91 Å². The predicted molar refractivity (Wildman–Crippen MR) is 71.9 cm³/mol. The Morgan fingerprint density at radius 1 is 1.56 bits per heavy atom. The fraction of sp³-hybridized carbons (Fsp3) is 0.571. The lowest BCUT2D eigenvalue weighted by Gasteiger charge is -2.27. The van der Waals surface area contributed by atoms with Crippen LogP contribution in [0.25, 0.3) is 0 Å². The molecule has 1 fully saturated rings. The van der Waals surface area contributed by atoms with E-state index < -0.39 is 0 Å². The molecule has 1 aliphatic heterocycles. The van der Waals surface area contributed by atoms with Crippen LogP contribution in [0.2, 0.25) is 0 Å². The van der Waals surface area contributed by atoms with Crippen molar-refractivity contribution in [2.45, 2.75) is 39.2 Å². The van der Waals surface area contributed by atoms with Gasteiger partial charge in [-0.15, -0.1) is 0 Å². The van der Waals surface area contributed by atoms with E-state index in [1.54, 1.807) is 12.3 Å². The van der Waals surface area contributed by atoms with Crippen molar-refractivity contribution in [1.29, 1.82) is 0 Å². The van der Waals surface area contributed by atoms with E-state index >= 15 is 0 Å². The summed E-state index contributed by atoms with van der Waals surface area (Å²) in [7, 11) is 0. The van der Waals surface area contributed by atoms with Crippen molar-refractivity contribution >= 4 is 11.6 Å². The SMILES string of the molecule is CC(C)C1CCCN1C(=O)Cc1ccc(N)cn1. The van der Waals surface area contributed by atoms with Gasteiger partial charge in [0.1, 0.15) is 0 Å². The summed E-state index contributed by atoms with van der Waals surface area (Å²) in [5.41, 5.74) is 7.01. The number of carbonyl (C=O) groups excluding carboxylic acids is 1. The average molecular weight is 247 g/mol. The number of nitrogens with two attached hydrogens (primary N) is 1. The fourth-order valence-electron chi connectivity index (χ4n) is 2.59. The van der Waals surface area contributed by atoms with Gasteiger partial charge in [0.05, 0.1) is 18.3 Å². The molecule has 1 saturated heterocycles. The molecule has 0 bridgehead atoms. The van der Waals surface area contributed by atoms with E-state index in [1.165, 1.54) is 0 Å². The summed E-state index contributed by atoms with van der Waals surface area (Å²) in [5, 5.41) is 0. The summed E-state index contributed by atoms with van der Waals surface area (Å²) >= 11 is 0. The first-order chi connectivity index (χ1) is 8.58. The van der Waals surface area contributed by atoms with Gasteiger partial charge in [-0.2, -0.15) is 0 Å². The van der Waals surface area contributed by atoms with Gasteiger partial charge in [0.2, 0.25) is 5.91 Å². The number of anilines is 1. The molecule has 2 N–H and O–H groups in total. The number of aromatic nitrogens is 1. The first kappa shape index (κ1) is 12.9. The Balaban J connectivity index is 2.01. The molecule has 18 heavy (non-hydrogen) atoms. The molecule has 1 atom stereocenters. The summed E-state index contributed by atoms with van der Waals surface area (Å²) in [5.74, 6) is 0.708. The van der Waals surface area contributed by atoms with Crippen LogP contribution in [-0.2, 0) is 11.2 Å². The van der Waals surface area contributed by atoms with Gasteiger partial charge in [-0.05, 0) is 30.9 Å². The number of likely N-dealkylation sites (tertiary alicyclic amines) is 1. The van der Waals surface area contributed by atoms with Crippen LogP contribution in [0.15, 0.2) is 18.3 Å². The number of pyridine rings is 1. The Labute approximate surface area is 108 Å². The van der Waals surface area contributed by atoms with E-state index in [2.05, 4.69) is 18.8 Å². The average Bonchev–Trinajstić information content (AvgIpc) is 2.81. The number of nitrogens with zero attached hydrogens (tertiary/aromatic N) is 2. The third-order valence-electron chi connectivity index (χ3n) is 3.57. The van der Waals surface area contributed by atoms with Crippen molar-refractivity contribution in [3.05, 3.63) is 24.0 Å². The molecule has 4 heteroatoms. The molecule has 4 nitrogen and oxygen atoms in total. The smallest absolute Gasteiger partial charge is 0.228 e. The molecule has 0 saturated carbocycles. The van der Waals surface area contributed by atoms with E-state index in [0.29, 0.717) is 24.1 Å². The molecule has 2 rings (SSSR count). The minimum absolute atomic E-state index is 0.184. The van der Waals surface area contributed by atoms with Crippen LogP contribution < -0.4 is 5.73 Å². The van der Waals surface area contributed by atoms with Crippen LogP contribution in [0.5, 0.6) is 0 Å². The molecular formula is C14H21N3O. The third kappa shape index (κ3) is 2.81. The summed E-state index contributed by atoms with van der Waals surface area (Å²) < 4.78 is 0. The summed E-state index contributed by atoms with van der Waals surface area (Å²) in [4.78, 5) is 18.5. The number of rotatable bonds is 3. The van der Waals surface area contributed by atoms with Crippen molar-refractivity contribution in [3.63, 3.8) is 0 Å². The van der Waals surface area contributed by atoms with Gasteiger partial charge in [0, 0.05) is 18.3 Å². The maximum absolute atomic E-state index is 12.3. The van der Waals surface area contributed by atoms with Gasteiger partial charge in [0.25, 0.3) is 0 Å². The molecule has 1 aromatic heterocycles. The second-order valence-corrected chi connectivity index (χ2v) is 5.30. The van der Waals surface area contributed by atoms with Crippen molar-refractivity contribution in [3.8, 4) is 0 Å². The van der Waals surface area contributed by atoms with Crippen LogP contribution in [0.3, 0.4) is 0 Å². The minimum atomic E-state index is 0.184. The molecule has 0 aliphatic carbocycles. The van der Waals surface area contributed by atoms with Crippen LogP contribution in [-0.4, -0.2) is 28.4 Å². The number of amides is 1. The quantitative estimate of drug-likeness (QED) is 0.886. The maximum Gasteiger partial charge on any atom is 0.228 e. The minimum Gasteiger partial charge on any atom is -0.397 e. The Kier molecular flexibility index (Phi) is 3.84. The van der Waals surface area contributed by atoms with E-state index in [4.69, 9.17) is 5.73 Å². The first-order valence-corrected chi connectivity index (χ1v) is 6.58. The van der Waals surface area contributed by atoms with Crippen LogP contribution in [0.1, 0.15) is 32.4 Å². The zero-order chi connectivity index (χ0) is 13.1. The van der Waals surface area contributed by atoms with E-state index in [0.717, 1.165) is 25.1 Å². The molecule has 98 valence electrons. The standard InChI is InChI=1S/C14H21N3O/c1-10(2)13-4-3-7-17(13)14(18)8-12-6-5-11(15)9-16-12/h5-6,9-10,13H,3-4,7-8,15H2,1-2H3. The maximum atomic E-state index is 12.3. The molecule has 1 aliphatic rings. The lowest BCUT2D eigenvalue weighted by atomic mass is 10.0. The number of hydrogen-bond acceptors (Lipinski definition) is 3. The van der Waals surface area contributed by atoms with Gasteiger partial charge in [0.15, 0.2) is 0 Å². The summed E-state index contributed by atoms with van der Waals surface area (Å²) in [6, 6.07) is 4.01. The molecule has 1 unspecified atom stereocenters. The highest BCUT2D eigenvalue weighted by atomic mass is 16.2. The Morgan fingerprint density at radius 3 is 2.94 bits per heavy atom. The highest BCUT2D eigenvalue weighted by Gasteiger charge is 2.30. The molecule has 0 aromatic carbocycles. The largest absolute Gasteiger partial charge is 0.397 e. The topological polar surface area (TPSA) is 59.2 Å². The highest BCUT2D eigenvalue weighted by molar-refractivity contribution is 5.79. The molecule has 1 aromatic rings. The number of carbonyl (C=O) groups is 1. The van der Waals surface area contributed by atoms with Gasteiger partial charge in [-0.3, -0.25) is 9.78 Å². The Morgan fingerprint density at radius 2 is 2.33 bits per heavy atom. The van der Waals surface area contributed by atoms with Crippen LogP contribution in [0.4, 0.5) is 5.69 Å². The monoisotopic (exact) mass is 247 g/mol. The molecule has 0 spiro atoms. The molecular weight excluding hydrogens is 226 g/mol. The fourth-order valence-corrected chi connectivity index (χ4v) is 2.59. The Bertz CT molecular complexity index is 414. The predicted octanol–water partition coefficient (Wildman–Crippen LogP) is 1.85. The van der Waals surface area contributed by atoms with Gasteiger partial charge < -0.3 is 10.6 Å². The third-order valence-corrected chi connectivity index (χ3v) is 3.57. The lowest BCUT2D eigenvalue weighted by Crippen LogP contribution is -2.39. The van der Waals surface area contributed by atoms with E-state index in [9.17, 15) is 4.79 Å². The molecule has 0 radical (unpaired) electrons. The van der Waals surface area contributed by atoms with Crippen molar-refractivity contribution < 1.29 is 4.79 Å². The van der Waals surface area contributed by atoms with Gasteiger partial charge >= 0.3 is 0 Å². The first-order valence-electron chi connectivity index (χ1n) is 6.58. The van der Waals surface area contributed by atoms with E-state index in [1.807, 2.05) is 11.0 Å². The zero-order valence-corrected chi connectivity index (χ0v) is 11.1. The van der Waals surface area contributed by atoms with Crippen LogP contribution >= 0.6 is 0 Å². The van der Waals surface area contributed by atoms with Crippen molar-refractivity contribution in [2.75, 3.05) is 12.3 Å². The second kappa shape index (κ2) is 5.38.